The van der Waals surface area contributed by atoms with Gasteiger partial charge in [-0.3, -0.25) is 4.90 Å². The van der Waals surface area contributed by atoms with Crippen molar-refractivity contribution in [2.75, 3.05) is 33.4 Å². The molecule has 4 heteroatoms. The first-order valence-corrected chi connectivity index (χ1v) is 5.94. The number of nitrogens with one attached hydrogen (secondary N) is 1. The third-order valence-electron chi connectivity index (χ3n) is 3.37. The molecule has 1 fully saturated rings. The summed E-state index contributed by atoms with van der Waals surface area (Å²) in [6.45, 7) is 8.14. The number of methoxy groups -OCH3 is 1. The summed E-state index contributed by atoms with van der Waals surface area (Å²) in [6, 6.07) is 2.54. The van der Waals surface area contributed by atoms with E-state index in [9.17, 15) is 0 Å². The molecule has 0 amide bonds. The largest absolute Gasteiger partial charge is 0.383 e. The van der Waals surface area contributed by atoms with Crippen LogP contribution in [0, 0.1) is 11.3 Å². The van der Waals surface area contributed by atoms with E-state index in [0.29, 0.717) is 12.5 Å². The van der Waals surface area contributed by atoms with Crippen LogP contribution in [-0.2, 0) is 4.74 Å². The Morgan fingerprint density at radius 3 is 2.94 bits per heavy atom. The van der Waals surface area contributed by atoms with Gasteiger partial charge in [0.05, 0.1) is 19.1 Å². The Kier molecular flexibility index (Phi) is 5.20. The fourth-order valence-electron chi connectivity index (χ4n) is 2.16. The van der Waals surface area contributed by atoms with E-state index in [-0.39, 0.29) is 5.54 Å². The molecule has 4 nitrogen and oxygen atoms in total. The summed E-state index contributed by atoms with van der Waals surface area (Å²) in [7, 11) is 1.73. The Bertz CT molecular complexity index is 247. The zero-order chi connectivity index (χ0) is 12.0. The van der Waals surface area contributed by atoms with Crippen LogP contribution in [0.4, 0.5) is 0 Å². The van der Waals surface area contributed by atoms with Gasteiger partial charge in [0, 0.05) is 31.8 Å². The average Bonchev–Trinajstić information content (AvgIpc) is 2.36. The smallest absolute Gasteiger partial charge is 0.0638 e. The third kappa shape index (κ3) is 3.75. The van der Waals surface area contributed by atoms with Gasteiger partial charge in [0.2, 0.25) is 0 Å². The van der Waals surface area contributed by atoms with Gasteiger partial charge in [0.1, 0.15) is 0 Å². The Morgan fingerprint density at radius 1 is 1.56 bits per heavy atom. The van der Waals surface area contributed by atoms with Gasteiger partial charge in [-0.15, -0.1) is 0 Å². The molecule has 1 heterocycles. The van der Waals surface area contributed by atoms with Gasteiger partial charge in [-0.2, -0.15) is 5.26 Å². The molecule has 0 radical (unpaired) electrons. The molecule has 0 aromatic rings. The molecule has 16 heavy (non-hydrogen) atoms. The van der Waals surface area contributed by atoms with Gasteiger partial charge in [0.15, 0.2) is 0 Å². The molecule has 1 N–H and O–H groups in total. The predicted molar refractivity (Wildman–Crippen MR) is 64.2 cm³/mol. The second kappa shape index (κ2) is 6.19. The van der Waals surface area contributed by atoms with Crippen LogP contribution in [0.3, 0.4) is 0 Å². The van der Waals surface area contributed by atoms with Crippen LogP contribution in [0.25, 0.3) is 0 Å². The Morgan fingerprint density at radius 2 is 2.31 bits per heavy atom. The zero-order valence-electron chi connectivity index (χ0n) is 10.6. The highest BCUT2D eigenvalue weighted by Crippen LogP contribution is 2.21. The second-order valence-corrected chi connectivity index (χ2v) is 5.01. The van der Waals surface area contributed by atoms with E-state index in [0.717, 1.165) is 32.7 Å². The number of nitriles is 1. The summed E-state index contributed by atoms with van der Waals surface area (Å²) in [5, 5.41) is 12.2. The molecule has 1 atom stereocenters. The standard InChI is InChI=1S/C12H23N3O/c1-12(2)5-7-14-11(4-6-13)10-15(12)8-9-16-3/h11,14H,4-5,7-10H2,1-3H3. The Balaban J connectivity index is 2.61. The normalized spacial score (nSPS) is 26.0. The lowest BCUT2D eigenvalue weighted by Crippen LogP contribution is -2.47. The maximum atomic E-state index is 8.77. The van der Waals surface area contributed by atoms with Crippen LogP contribution in [0.15, 0.2) is 0 Å². The van der Waals surface area contributed by atoms with E-state index >= 15 is 0 Å². The zero-order valence-corrected chi connectivity index (χ0v) is 10.6. The first-order chi connectivity index (χ1) is 7.60. The van der Waals surface area contributed by atoms with Crippen LogP contribution < -0.4 is 5.32 Å². The van der Waals surface area contributed by atoms with Gasteiger partial charge in [-0.1, -0.05) is 0 Å². The van der Waals surface area contributed by atoms with E-state index in [1.807, 2.05) is 0 Å². The van der Waals surface area contributed by atoms with Crippen molar-refractivity contribution in [3.8, 4) is 6.07 Å². The molecule has 0 spiro atoms. The minimum absolute atomic E-state index is 0.190. The lowest BCUT2D eigenvalue weighted by molar-refractivity contribution is 0.0769. The molecule has 0 aliphatic carbocycles. The maximum absolute atomic E-state index is 8.77. The summed E-state index contributed by atoms with van der Waals surface area (Å²) >= 11 is 0. The summed E-state index contributed by atoms with van der Waals surface area (Å²) in [5.74, 6) is 0. The molecule has 0 saturated carbocycles. The van der Waals surface area contributed by atoms with Crippen molar-refractivity contribution in [2.24, 2.45) is 0 Å². The van der Waals surface area contributed by atoms with E-state index in [2.05, 4.69) is 30.1 Å². The summed E-state index contributed by atoms with van der Waals surface area (Å²) < 4.78 is 5.15. The van der Waals surface area contributed by atoms with Gasteiger partial charge in [0.25, 0.3) is 0 Å². The Hall–Kier alpha value is -0.630. The van der Waals surface area contributed by atoms with Crippen molar-refractivity contribution in [3.05, 3.63) is 0 Å². The fourth-order valence-corrected chi connectivity index (χ4v) is 2.16. The number of hydrogen-bond acceptors (Lipinski definition) is 4. The molecule has 1 aliphatic rings. The minimum atomic E-state index is 0.190. The molecular weight excluding hydrogens is 202 g/mol. The van der Waals surface area contributed by atoms with Crippen LogP contribution in [0.1, 0.15) is 26.7 Å². The highest BCUT2D eigenvalue weighted by molar-refractivity contribution is 4.92. The molecule has 0 aromatic heterocycles. The average molecular weight is 225 g/mol. The van der Waals surface area contributed by atoms with E-state index in [1.54, 1.807) is 7.11 Å². The highest BCUT2D eigenvalue weighted by atomic mass is 16.5. The quantitative estimate of drug-likeness (QED) is 0.775. The van der Waals surface area contributed by atoms with Crippen molar-refractivity contribution in [1.82, 2.24) is 10.2 Å². The molecule has 0 aromatic carbocycles. The van der Waals surface area contributed by atoms with E-state index < -0.39 is 0 Å². The molecular formula is C12H23N3O. The SMILES string of the molecule is COCCN1CC(CC#N)NCCC1(C)C. The lowest BCUT2D eigenvalue weighted by Gasteiger charge is -2.37. The topological polar surface area (TPSA) is 48.3 Å². The fraction of sp³-hybridized carbons (Fsp3) is 0.917. The molecule has 1 rings (SSSR count). The minimum Gasteiger partial charge on any atom is -0.383 e. The number of rotatable bonds is 4. The van der Waals surface area contributed by atoms with Gasteiger partial charge < -0.3 is 10.1 Å². The molecule has 92 valence electrons. The van der Waals surface area contributed by atoms with Gasteiger partial charge in [-0.05, 0) is 26.8 Å². The van der Waals surface area contributed by atoms with Crippen molar-refractivity contribution >= 4 is 0 Å². The van der Waals surface area contributed by atoms with E-state index in [1.165, 1.54) is 0 Å². The first kappa shape index (κ1) is 13.4. The summed E-state index contributed by atoms with van der Waals surface area (Å²) in [5.41, 5.74) is 0.190. The molecule has 1 saturated heterocycles. The molecule has 1 aliphatic heterocycles. The van der Waals surface area contributed by atoms with Crippen LogP contribution in [0.5, 0.6) is 0 Å². The van der Waals surface area contributed by atoms with Crippen LogP contribution in [-0.4, -0.2) is 49.8 Å². The molecule has 1 unspecified atom stereocenters. The third-order valence-corrected chi connectivity index (χ3v) is 3.37. The number of nitrogens with zero attached hydrogens (tertiary/aromatic N) is 2. The monoisotopic (exact) mass is 225 g/mol. The Labute approximate surface area is 98.6 Å². The first-order valence-electron chi connectivity index (χ1n) is 5.94. The lowest BCUT2D eigenvalue weighted by atomic mass is 9.98. The van der Waals surface area contributed by atoms with Crippen molar-refractivity contribution in [1.29, 1.82) is 5.26 Å². The maximum Gasteiger partial charge on any atom is 0.0638 e. The van der Waals surface area contributed by atoms with Crippen LogP contribution >= 0.6 is 0 Å². The van der Waals surface area contributed by atoms with Crippen LogP contribution in [0.2, 0.25) is 0 Å². The summed E-state index contributed by atoms with van der Waals surface area (Å²) in [6.07, 6.45) is 1.69. The number of hydrogen-bond donors (Lipinski definition) is 1. The summed E-state index contributed by atoms with van der Waals surface area (Å²) in [4.78, 5) is 2.43. The van der Waals surface area contributed by atoms with Gasteiger partial charge in [-0.25, -0.2) is 0 Å². The predicted octanol–water partition coefficient (Wildman–Crippen LogP) is 0.989. The van der Waals surface area contributed by atoms with Crippen molar-refractivity contribution in [2.45, 2.75) is 38.3 Å². The second-order valence-electron chi connectivity index (χ2n) is 5.01. The van der Waals surface area contributed by atoms with Crippen molar-refractivity contribution < 1.29 is 4.74 Å². The highest BCUT2D eigenvalue weighted by Gasteiger charge is 2.30. The van der Waals surface area contributed by atoms with Gasteiger partial charge >= 0.3 is 0 Å². The van der Waals surface area contributed by atoms with E-state index in [4.69, 9.17) is 10.00 Å². The van der Waals surface area contributed by atoms with Crippen molar-refractivity contribution in [3.63, 3.8) is 0 Å². The number of ether oxygens (including phenoxy) is 1. The molecule has 0 bridgehead atoms.